The van der Waals surface area contributed by atoms with Crippen LogP contribution in [-0.4, -0.2) is 29.7 Å². The minimum Gasteiger partial charge on any atom is -0.395 e. The molecule has 1 N–H and O–H groups in total. The Morgan fingerprint density at radius 3 is 2.73 bits per heavy atom. The van der Waals surface area contributed by atoms with Crippen LogP contribution in [0.15, 0.2) is 24.8 Å². The van der Waals surface area contributed by atoms with Gasteiger partial charge in [0, 0.05) is 29.4 Å². The molecule has 0 bridgehead atoms. The van der Waals surface area contributed by atoms with Gasteiger partial charge < -0.3 is 5.11 Å². The molecule has 0 amide bonds. The monoisotopic (exact) mass is 225 g/mol. The van der Waals surface area contributed by atoms with Crippen molar-refractivity contribution in [1.29, 1.82) is 0 Å². The van der Waals surface area contributed by atoms with Gasteiger partial charge in [-0.15, -0.1) is 17.9 Å². The lowest BCUT2D eigenvalue weighted by atomic mass is 10.3. The van der Waals surface area contributed by atoms with Crippen LogP contribution in [0.3, 0.4) is 0 Å². The zero-order chi connectivity index (χ0) is 11.1. The Labute approximate surface area is 95.9 Å². The van der Waals surface area contributed by atoms with Crippen molar-refractivity contribution >= 4 is 11.3 Å². The second kappa shape index (κ2) is 6.77. The molecule has 0 unspecified atom stereocenters. The fraction of sp³-hybridized carbons (Fsp3) is 0.500. The number of aliphatic hydroxyl groups excluding tert-OH is 1. The van der Waals surface area contributed by atoms with Crippen molar-refractivity contribution in [3.8, 4) is 0 Å². The Hall–Kier alpha value is -0.640. The smallest absolute Gasteiger partial charge is 0.0558 e. The molecule has 15 heavy (non-hydrogen) atoms. The van der Waals surface area contributed by atoms with Gasteiger partial charge in [-0.25, -0.2) is 0 Å². The Balaban J connectivity index is 2.52. The maximum absolute atomic E-state index is 8.92. The van der Waals surface area contributed by atoms with E-state index >= 15 is 0 Å². The van der Waals surface area contributed by atoms with Crippen molar-refractivity contribution < 1.29 is 5.11 Å². The summed E-state index contributed by atoms with van der Waals surface area (Å²) in [7, 11) is 0. The van der Waals surface area contributed by atoms with Gasteiger partial charge in [-0.2, -0.15) is 0 Å². The number of hydrogen-bond donors (Lipinski definition) is 1. The predicted octanol–water partition coefficient (Wildman–Crippen LogP) is 2.29. The third kappa shape index (κ3) is 4.16. The summed E-state index contributed by atoms with van der Waals surface area (Å²) >= 11 is 1.86. The van der Waals surface area contributed by atoms with Gasteiger partial charge in [0.25, 0.3) is 0 Å². The van der Waals surface area contributed by atoms with Crippen molar-refractivity contribution in [2.24, 2.45) is 0 Å². The molecule has 1 rings (SSSR count). The average molecular weight is 225 g/mol. The SMILES string of the molecule is C=CCN(CCO)Cc1ccc(CC)s1. The van der Waals surface area contributed by atoms with E-state index in [0.29, 0.717) is 6.54 Å². The van der Waals surface area contributed by atoms with Gasteiger partial charge in [0.15, 0.2) is 0 Å². The molecule has 0 spiro atoms. The molecular weight excluding hydrogens is 206 g/mol. The molecule has 0 aromatic carbocycles. The van der Waals surface area contributed by atoms with Crippen LogP contribution in [0.5, 0.6) is 0 Å². The highest BCUT2D eigenvalue weighted by Crippen LogP contribution is 2.18. The van der Waals surface area contributed by atoms with Crippen LogP contribution in [0, 0.1) is 0 Å². The highest BCUT2D eigenvalue weighted by Gasteiger charge is 2.05. The number of nitrogens with zero attached hydrogens (tertiary/aromatic N) is 1. The van der Waals surface area contributed by atoms with E-state index in [4.69, 9.17) is 5.11 Å². The number of rotatable bonds is 7. The van der Waals surface area contributed by atoms with Gasteiger partial charge in [-0.3, -0.25) is 4.90 Å². The third-order valence-corrected chi connectivity index (χ3v) is 3.46. The molecule has 0 saturated carbocycles. The summed E-state index contributed by atoms with van der Waals surface area (Å²) in [5.74, 6) is 0. The molecule has 0 saturated heterocycles. The molecule has 1 heterocycles. The summed E-state index contributed by atoms with van der Waals surface area (Å²) in [6, 6.07) is 4.36. The second-order valence-electron chi connectivity index (χ2n) is 3.47. The predicted molar refractivity (Wildman–Crippen MR) is 66.3 cm³/mol. The van der Waals surface area contributed by atoms with Gasteiger partial charge in [0.05, 0.1) is 6.61 Å². The lowest BCUT2D eigenvalue weighted by molar-refractivity contribution is 0.204. The van der Waals surface area contributed by atoms with Crippen molar-refractivity contribution in [2.45, 2.75) is 19.9 Å². The molecule has 0 aliphatic rings. The second-order valence-corrected chi connectivity index (χ2v) is 4.72. The molecular formula is C12H19NOS. The van der Waals surface area contributed by atoms with Crippen molar-refractivity contribution in [3.05, 3.63) is 34.5 Å². The first-order chi connectivity index (χ1) is 7.30. The van der Waals surface area contributed by atoms with Crippen molar-refractivity contribution in [2.75, 3.05) is 19.7 Å². The van der Waals surface area contributed by atoms with Crippen LogP contribution in [0.1, 0.15) is 16.7 Å². The van der Waals surface area contributed by atoms with E-state index in [0.717, 1.165) is 19.5 Å². The van der Waals surface area contributed by atoms with Crippen LogP contribution in [0.4, 0.5) is 0 Å². The van der Waals surface area contributed by atoms with E-state index in [2.05, 4.69) is 30.5 Å². The lowest BCUT2D eigenvalue weighted by Gasteiger charge is -2.18. The van der Waals surface area contributed by atoms with Crippen molar-refractivity contribution in [1.82, 2.24) is 4.90 Å². The van der Waals surface area contributed by atoms with Crippen LogP contribution in [0.2, 0.25) is 0 Å². The van der Waals surface area contributed by atoms with Gasteiger partial charge in [0.2, 0.25) is 0 Å². The molecule has 1 aromatic rings. The normalized spacial score (nSPS) is 10.9. The average Bonchev–Trinajstić information content (AvgIpc) is 2.66. The fourth-order valence-corrected chi connectivity index (χ4v) is 2.48. The largest absolute Gasteiger partial charge is 0.395 e. The minimum absolute atomic E-state index is 0.208. The number of aliphatic hydroxyl groups is 1. The van der Waals surface area contributed by atoms with Gasteiger partial charge in [-0.1, -0.05) is 13.0 Å². The molecule has 0 radical (unpaired) electrons. The van der Waals surface area contributed by atoms with Crippen LogP contribution in [0.25, 0.3) is 0 Å². The summed E-state index contributed by atoms with van der Waals surface area (Å²) in [6.45, 7) is 8.57. The number of aryl methyl sites for hydroxylation is 1. The van der Waals surface area contributed by atoms with Crippen LogP contribution in [-0.2, 0) is 13.0 Å². The maximum Gasteiger partial charge on any atom is 0.0558 e. The Morgan fingerprint density at radius 1 is 1.47 bits per heavy atom. The van der Waals surface area contributed by atoms with Gasteiger partial charge in [0.1, 0.15) is 0 Å². The molecule has 0 fully saturated rings. The van der Waals surface area contributed by atoms with Crippen molar-refractivity contribution in [3.63, 3.8) is 0 Å². The molecule has 3 heteroatoms. The summed E-state index contributed by atoms with van der Waals surface area (Å²) in [6.07, 6.45) is 2.98. The van der Waals surface area contributed by atoms with E-state index < -0.39 is 0 Å². The lowest BCUT2D eigenvalue weighted by Crippen LogP contribution is -2.26. The molecule has 0 atom stereocenters. The number of thiophene rings is 1. The van der Waals surface area contributed by atoms with E-state index in [1.165, 1.54) is 9.75 Å². The molecule has 2 nitrogen and oxygen atoms in total. The minimum atomic E-state index is 0.208. The summed E-state index contributed by atoms with van der Waals surface area (Å²) in [5.41, 5.74) is 0. The summed E-state index contributed by atoms with van der Waals surface area (Å²) < 4.78 is 0. The number of hydrogen-bond acceptors (Lipinski definition) is 3. The van der Waals surface area contributed by atoms with E-state index in [9.17, 15) is 0 Å². The quantitative estimate of drug-likeness (QED) is 0.720. The van der Waals surface area contributed by atoms with Gasteiger partial charge >= 0.3 is 0 Å². The van der Waals surface area contributed by atoms with Crippen LogP contribution >= 0.6 is 11.3 Å². The highest BCUT2D eigenvalue weighted by atomic mass is 32.1. The first-order valence-corrected chi connectivity index (χ1v) is 6.13. The first-order valence-electron chi connectivity index (χ1n) is 5.31. The van der Waals surface area contributed by atoms with E-state index in [1.54, 1.807) is 0 Å². The molecule has 0 aliphatic heterocycles. The topological polar surface area (TPSA) is 23.5 Å². The van der Waals surface area contributed by atoms with E-state index in [-0.39, 0.29) is 6.61 Å². The van der Waals surface area contributed by atoms with E-state index in [1.807, 2.05) is 17.4 Å². The summed E-state index contributed by atoms with van der Waals surface area (Å²) in [4.78, 5) is 4.98. The zero-order valence-electron chi connectivity index (χ0n) is 9.28. The summed E-state index contributed by atoms with van der Waals surface area (Å²) in [5, 5.41) is 8.92. The first kappa shape index (κ1) is 12.4. The highest BCUT2D eigenvalue weighted by molar-refractivity contribution is 7.11. The molecule has 0 aliphatic carbocycles. The standard InChI is InChI=1S/C12H19NOS/c1-3-7-13(8-9-14)10-12-6-5-11(4-2)15-12/h3,5-6,14H,1,4,7-10H2,2H3. The van der Waals surface area contributed by atoms with Crippen LogP contribution < -0.4 is 0 Å². The Kier molecular flexibility index (Phi) is 5.61. The Morgan fingerprint density at radius 2 is 2.20 bits per heavy atom. The van der Waals surface area contributed by atoms with Gasteiger partial charge in [-0.05, 0) is 18.6 Å². The molecule has 1 aromatic heterocycles. The third-order valence-electron chi connectivity index (χ3n) is 2.25. The zero-order valence-corrected chi connectivity index (χ0v) is 10.1. The fourth-order valence-electron chi connectivity index (χ4n) is 1.48. The molecule has 84 valence electrons. The maximum atomic E-state index is 8.92. The Bertz CT molecular complexity index is 296.